The SMILES string of the molecule is O=S(=O)(NCCC1CCCC1)c1ccc2c(c1)CNC2. The lowest BCUT2D eigenvalue weighted by Gasteiger charge is -2.11. The second-order valence-electron chi connectivity index (χ2n) is 5.87. The van der Waals surface area contributed by atoms with Crippen LogP contribution in [0.1, 0.15) is 43.2 Å². The van der Waals surface area contributed by atoms with Gasteiger partial charge in [0.2, 0.25) is 10.0 Å². The smallest absolute Gasteiger partial charge is 0.240 e. The van der Waals surface area contributed by atoms with Crippen LogP contribution in [0.15, 0.2) is 23.1 Å². The zero-order chi connectivity index (χ0) is 14.0. The first-order chi connectivity index (χ1) is 9.65. The predicted octanol–water partition coefficient (Wildman–Crippen LogP) is 2.15. The molecule has 1 fully saturated rings. The molecular formula is C15H22N2O2S. The van der Waals surface area contributed by atoms with Crippen molar-refractivity contribution in [3.8, 4) is 0 Å². The van der Waals surface area contributed by atoms with Crippen LogP contribution in [0.5, 0.6) is 0 Å². The highest BCUT2D eigenvalue weighted by Gasteiger charge is 2.19. The van der Waals surface area contributed by atoms with Crippen molar-refractivity contribution in [2.45, 2.75) is 50.1 Å². The van der Waals surface area contributed by atoms with Gasteiger partial charge in [-0.05, 0) is 35.6 Å². The van der Waals surface area contributed by atoms with E-state index in [0.717, 1.165) is 25.1 Å². The van der Waals surface area contributed by atoms with E-state index in [0.29, 0.717) is 17.4 Å². The van der Waals surface area contributed by atoms with E-state index >= 15 is 0 Å². The third-order valence-corrected chi connectivity index (χ3v) is 5.90. The molecule has 4 nitrogen and oxygen atoms in total. The van der Waals surface area contributed by atoms with Crippen molar-refractivity contribution >= 4 is 10.0 Å². The molecule has 0 amide bonds. The molecule has 1 aliphatic heterocycles. The minimum atomic E-state index is -3.35. The standard InChI is InChI=1S/C15H22N2O2S/c18-20(19,17-8-7-12-3-1-2-4-12)15-6-5-13-10-16-11-14(13)9-15/h5-6,9,12,16-17H,1-4,7-8,10-11H2. The van der Waals surface area contributed by atoms with Gasteiger partial charge in [-0.2, -0.15) is 0 Å². The monoisotopic (exact) mass is 294 g/mol. The van der Waals surface area contributed by atoms with Crippen molar-refractivity contribution in [2.24, 2.45) is 5.92 Å². The summed E-state index contributed by atoms with van der Waals surface area (Å²) in [7, 11) is -3.35. The van der Waals surface area contributed by atoms with Crippen LogP contribution in [-0.2, 0) is 23.1 Å². The molecule has 0 aromatic heterocycles. The summed E-state index contributed by atoms with van der Waals surface area (Å²) in [6.45, 7) is 2.16. The molecule has 3 rings (SSSR count). The van der Waals surface area contributed by atoms with Crippen molar-refractivity contribution in [1.29, 1.82) is 0 Å². The quantitative estimate of drug-likeness (QED) is 0.875. The van der Waals surface area contributed by atoms with Gasteiger partial charge in [0.15, 0.2) is 0 Å². The Bertz CT molecular complexity index is 578. The Morgan fingerprint density at radius 2 is 1.90 bits per heavy atom. The van der Waals surface area contributed by atoms with Crippen molar-refractivity contribution < 1.29 is 8.42 Å². The molecule has 1 saturated carbocycles. The van der Waals surface area contributed by atoms with Gasteiger partial charge >= 0.3 is 0 Å². The highest BCUT2D eigenvalue weighted by molar-refractivity contribution is 7.89. The normalized spacial score (nSPS) is 19.4. The largest absolute Gasteiger partial charge is 0.309 e. The predicted molar refractivity (Wildman–Crippen MR) is 78.7 cm³/mol. The molecule has 0 spiro atoms. The number of hydrogen-bond acceptors (Lipinski definition) is 3. The molecule has 0 atom stereocenters. The van der Waals surface area contributed by atoms with Gasteiger partial charge in [-0.15, -0.1) is 0 Å². The molecule has 5 heteroatoms. The molecule has 0 unspecified atom stereocenters. The van der Waals surface area contributed by atoms with E-state index in [4.69, 9.17) is 0 Å². The Kier molecular flexibility index (Phi) is 4.10. The maximum Gasteiger partial charge on any atom is 0.240 e. The van der Waals surface area contributed by atoms with Gasteiger partial charge in [0.25, 0.3) is 0 Å². The lowest BCUT2D eigenvalue weighted by atomic mass is 10.1. The fourth-order valence-electron chi connectivity index (χ4n) is 3.22. The Morgan fingerprint density at radius 1 is 1.15 bits per heavy atom. The van der Waals surface area contributed by atoms with E-state index in [2.05, 4.69) is 10.0 Å². The molecule has 2 N–H and O–H groups in total. The molecule has 0 saturated heterocycles. The lowest BCUT2D eigenvalue weighted by molar-refractivity contribution is 0.495. The molecule has 0 radical (unpaired) electrons. The number of benzene rings is 1. The van der Waals surface area contributed by atoms with Crippen LogP contribution in [0.2, 0.25) is 0 Å². The summed E-state index contributed by atoms with van der Waals surface area (Å²) < 4.78 is 27.3. The summed E-state index contributed by atoms with van der Waals surface area (Å²) in [6, 6.07) is 5.43. The van der Waals surface area contributed by atoms with E-state index in [1.54, 1.807) is 12.1 Å². The summed E-state index contributed by atoms with van der Waals surface area (Å²) in [5.41, 5.74) is 2.30. The average molecular weight is 294 g/mol. The van der Waals surface area contributed by atoms with Crippen molar-refractivity contribution in [3.63, 3.8) is 0 Å². The van der Waals surface area contributed by atoms with E-state index in [9.17, 15) is 8.42 Å². The van der Waals surface area contributed by atoms with E-state index in [-0.39, 0.29) is 0 Å². The van der Waals surface area contributed by atoms with Crippen LogP contribution in [0.4, 0.5) is 0 Å². The fourth-order valence-corrected chi connectivity index (χ4v) is 4.32. The fraction of sp³-hybridized carbons (Fsp3) is 0.600. The second kappa shape index (κ2) is 5.84. The number of rotatable bonds is 5. The maximum atomic E-state index is 12.3. The number of nitrogens with one attached hydrogen (secondary N) is 2. The highest BCUT2D eigenvalue weighted by atomic mass is 32.2. The Labute approximate surface area is 121 Å². The highest BCUT2D eigenvalue weighted by Crippen LogP contribution is 2.27. The van der Waals surface area contributed by atoms with Crippen LogP contribution in [0.25, 0.3) is 0 Å². The minimum absolute atomic E-state index is 0.395. The minimum Gasteiger partial charge on any atom is -0.309 e. The van der Waals surface area contributed by atoms with Gasteiger partial charge in [0, 0.05) is 19.6 Å². The van der Waals surface area contributed by atoms with Crippen LogP contribution in [-0.4, -0.2) is 15.0 Å². The lowest BCUT2D eigenvalue weighted by Crippen LogP contribution is -2.26. The van der Waals surface area contributed by atoms with Gasteiger partial charge < -0.3 is 5.32 Å². The molecule has 1 aromatic carbocycles. The summed E-state index contributed by atoms with van der Waals surface area (Å²) in [5.74, 6) is 0.710. The molecular weight excluding hydrogens is 272 g/mol. The van der Waals surface area contributed by atoms with E-state index < -0.39 is 10.0 Å². The first-order valence-corrected chi connectivity index (χ1v) is 8.96. The molecule has 1 aromatic rings. The van der Waals surface area contributed by atoms with Crippen LogP contribution >= 0.6 is 0 Å². The van der Waals surface area contributed by atoms with E-state index in [1.165, 1.54) is 31.2 Å². The third kappa shape index (κ3) is 3.05. The van der Waals surface area contributed by atoms with Crippen LogP contribution in [0, 0.1) is 5.92 Å². The van der Waals surface area contributed by atoms with Crippen molar-refractivity contribution in [1.82, 2.24) is 10.0 Å². The molecule has 20 heavy (non-hydrogen) atoms. The Hall–Kier alpha value is -0.910. The summed E-state index contributed by atoms with van der Waals surface area (Å²) in [6.07, 6.45) is 6.08. The zero-order valence-corrected chi connectivity index (χ0v) is 12.5. The molecule has 110 valence electrons. The van der Waals surface area contributed by atoms with Gasteiger partial charge in [-0.3, -0.25) is 0 Å². The second-order valence-corrected chi connectivity index (χ2v) is 7.64. The van der Waals surface area contributed by atoms with Crippen molar-refractivity contribution in [2.75, 3.05) is 6.54 Å². The van der Waals surface area contributed by atoms with Gasteiger partial charge in [0.1, 0.15) is 0 Å². The van der Waals surface area contributed by atoms with Crippen molar-refractivity contribution in [3.05, 3.63) is 29.3 Å². The topological polar surface area (TPSA) is 58.2 Å². The first-order valence-electron chi connectivity index (χ1n) is 7.47. The van der Waals surface area contributed by atoms with Crippen LogP contribution < -0.4 is 10.0 Å². The Balaban J connectivity index is 1.62. The average Bonchev–Trinajstić information content (AvgIpc) is 3.08. The van der Waals surface area contributed by atoms with Gasteiger partial charge in [0.05, 0.1) is 4.90 Å². The summed E-state index contributed by atoms with van der Waals surface area (Å²) >= 11 is 0. The molecule has 1 heterocycles. The Morgan fingerprint density at radius 3 is 2.70 bits per heavy atom. The van der Waals surface area contributed by atoms with Crippen LogP contribution in [0.3, 0.4) is 0 Å². The van der Waals surface area contributed by atoms with Gasteiger partial charge in [-0.1, -0.05) is 31.7 Å². The third-order valence-electron chi connectivity index (χ3n) is 4.44. The summed E-state index contributed by atoms with van der Waals surface area (Å²) in [4.78, 5) is 0.395. The maximum absolute atomic E-state index is 12.3. The zero-order valence-electron chi connectivity index (χ0n) is 11.7. The number of sulfonamides is 1. The number of hydrogen-bond donors (Lipinski definition) is 2. The number of fused-ring (bicyclic) bond motifs is 1. The first kappa shape index (κ1) is 14.0. The van der Waals surface area contributed by atoms with E-state index in [1.807, 2.05) is 6.07 Å². The molecule has 2 aliphatic rings. The summed E-state index contributed by atoms with van der Waals surface area (Å²) in [5, 5.41) is 3.23. The molecule has 0 bridgehead atoms. The van der Waals surface area contributed by atoms with Gasteiger partial charge in [-0.25, -0.2) is 13.1 Å². The molecule has 1 aliphatic carbocycles.